The van der Waals surface area contributed by atoms with E-state index in [1.165, 1.54) is 12.5 Å². The van der Waals surface area contributed by atoms with Gasteiger partial charge in [0.1, 0.15) is 5.76 Å². The van der Waals surface area contributed by atoms with E-state index in [2.05, 4.69) is 39.1 Å². The summed E-state index contributed by atoms with van der Waals surface area (Å²) >= 11 is 0. The number of fused-ring (bicyclic) bond motifs is 1. The van der Waals surface area contributed by atoms with Crippen LogP contribution in [0.25, 0.3) is 0 Å². The molecular formula is C25H35NO6. The average molecular weight is 446 g/mol. The molecule has 0 heterocycles. The Labute approximate surface area is 189 Å². The molecule has 6 atom stereocenters. The van der Waals surface area contributed by atoms with Crippen LogP contribution in [0.5, 0.6) is 0 Å². The van der Waals surface area contributed by atoms with Crippen LogP contribution in [-0.4, -0.2) is 45.0 Å². The first-order valence-electron chi connectivity index (χ1n) is 11.4. The molecule has 7 nitrogen and oxygen atoms in total. The fourth-order valence-electron chi connectivity index (χ4n) is 6.10. The molecule has 0 aromatic rings. The van der Waals surface area contributed by atoms with E-state index >= 15 is 0 Å². The van der Waals surface area contributed by atoms with Gasteiger partial charge in [0, 0.05) is 11.6 Å². The molecule has 0 spiro atoms. The Hall–Kier alpha value is -2.41. The van der Waals surface area contributed by atoms with Gasteiger partial charge < -0.3 is 20.6 Å². The van der Waals surface area contributed by atoms with Crippen LogP contribution in [0.4, 0.5) is 0 Å². The molecule has 3 rings (SSSR count). The fourth-order valence-corrected chi connectivity index (χ4v) is 6.10. The van der Waals surface area contributed by atoms with Gasteiger partial charge in [-0.2, -0.15) is 0 Å². The van der Waals surface area contributed by atoms with E-state index in [9.17, 15) is 29.7 Å². The molecular weight excluding hydrogens is 410 g/mol. The Morgan fingerprint density at radius 1 is 1.28 bits per heavy atom. The van der Waals surface area contributed by atoms with Crippen molar-refractivity contribution in [1.29, 1.82) is 0 Å². The van der Waals surface area contributed by atoms with Crippen LogP contribution < -0.4 is 5.32 Å². The minimum Gasteiger partial charge on any atom is -0.505 e. The highest BCUT2D eigenvalue weighted by molar-refractivity contribution is 6.48. The standard InChI is InChI=1S/C25H35NO6/c1-13-7-6-8-19-24(13,4)10-9-14(2)25(19,5)12-16-21(29)17(11-18(28)22(16)30)26-20(15(3)27)23(31)32/h7,11,14-15,19-20,26-27,29H,6,8-10,12H2,1-5H3,(H,31,32)/t14-,15-,19+,20+,24+,25+/m0/s1. The third-order valence-corrected chi connectivity index (χ3v) is 8.53. The van der Waals surface area contributed by atoms with E-state index in [-0.39, 0.29) is 34.4 Å². The smallest absolute Gasteiger partial charge is 0.328 e. The fraction of sp³-hybridized carbons (Fsp3) is 0.640. The van der Waals surface area contributed by atoms with Gasteiger partial charge in [-0.25, -0.2) is 4.79 Å². The van der Waals surface area contributed by atoms with Crippen LogP contribution in [0, 0.1) is 22.7 Å². The molecule has 4 N–H and O–H groups in total. The molecule has 3 aliphatic carbocycles. The number of hydrogen-bond donors (Lipinski definition) is 4. The molecule has 0 radical (unpaired) electrons. The van der Waals surface area contributed by atoms with Crippen molar-refractivity contribution in [1.82, 2.24) is 5.32 Å². The second-order valence-electron chi connectivity index (χ2n) is 10.3. The molecule has 0 aliphatic heterocycles. The van der Waals surface area contributed by atoms with E-state index in [1.807, 2.05) is 0 Å². The van der Waals surface area contributed by atoms with Gasteiger partial charge in [-0.15, -0.1) is 0 Å². The normalized spacial score (nSPS) is 34.9. The number of carboxylic acids is 1. The predicted molar refractivity (Wildman–Crippen MR) is 120 cm³/mol. The van der Waals surface area contributed by atoms with Crippen LogP contribution in [0.2, 0.25) is 0 Å². The van der Waals surface area contributed by atoms with Crippen molar-refractivity contribution < 1.29 is 29.7 Å². The minimum absolute atomic E-state index is 0.00898. The molecule has 0 unspecified atom stereocenters. The first-order valence-corrected chi connectivity index (χ1v) is 11.4. The Morgan fingerprint density at radius 3 is 2.53 bits per heavy atom. The van der Waals surface area contributed by atoms with Gasteiger partial charge >= 0.3 is 5.97 Å². The summed E-state index contributed by atoms with van der Waals surface area (Å²) in [5.41, 5.74) is 0.947. The van der Waals surface area contributed by atoms with E-state index in [0.29, 0.717) is 5.92 Å². The molecule has 0 bridgehead atoms. The number of allylic oxidation sites excluding steroid dienone is 4. The number of aliphatic carboxylic acids is 1. The number of aliphatic hydroxyl groups excluding tert-OH is 2. The summed E-state index contributed by atoms with van der Waals surface area (Å²) < 4.78 is 0. The Kier molecular flexibility index (Phi) is 6.44. The summed E-state index contributed by atoms with van der Waals surface area (Å²) in [6.45, 7) is 10.1. The lowest BCUT2D eigenvalue weighted by molar-refractivity contribution is -0.141. The van der Waals surface area contributed by atoms with Crippen LogP contribution in [0.3, 0.4) is 0 Å². The van der Waals surface area contributed by atoms with Crippen molar-refractivity contribution in [2.45, 2.75) is 78.9 Å². The summed E-state index contributed by atoms with van der Waals surface area (Å²) in [5.74, 6) is -2.71. The summed E-state index contributed by atoms with van der Waals surface area (Å²) in [4.78, 5) is 36.8. The number of hydrogen-bond acceptors (Lipinski definition) is 6. The molecule has 1 fully saturated rings. The summed E-state index contributed by atoms with van der Waals surface area (Å²) in [6, 6.07) is -1.43. The summed E-state index contributed by atoms with van der Waals surface area (Å²) in [5, 5.41) is 32.6. The number of carboxylic acid groups (broad SMARTS) is 1. The predicted octanol–water partition coefficient (Wildman–Crippen LogP) is 3.45. The van der Waals surface area contributed by atoms with Crippen molar-refractivity contribution >= 4 is 17.5 Å². The topological polar surface area (TPSA) is 124 Å². The number of Topliss-reactive ketones (excluding diaryl/α,β-unsaturated/α-hetero) is 1. The maximum absolute atomic E-state index is 12.8. The highest BCUT2D eigenvalue weighted by atomic mass is 16.4. The van der Waals surface area contributed by atoms with Crippen molar-refractivity contribution in [2.24, 2.45) is 22.7 Å². The minimum atomic E-state index is -1.43. The highest BCUT2D eigenvalue weighted by Gasteiger charge is 2.54. The molecule has 176 valence electrons. The van der Waals surface area contributed by atoms with Crippen molar-refractivity contribution in [3.8, 4) is 0 Å². The lowest BCUT2D eigenvalue weighted by atomic mass is 9.46. The molecule has 0 saturated heterocycles. The Balaban J connectivity index is 2.00. The van der Waals surface area contributed by atoms with E-state index in [4.69, 9.17) is 0 Å². The largest absolute Gasteiger partial charge is 0.505 e. The first-order chi connectivity index (χ1) is 14.8. The zero-order chi connectivity index (χ0) is 24.0. The first kappa shape index (κ1) is 24.2. The van der Waals surface area contributed by atoms with E-state index in [1.54, 1.807) is 0 Å². The third-order valence-electron chi connectivity index (χ3n) is 8.53. The van der Waals surface area contributed by atoms with Gasteiger partial charge in [-0.1, -0.05) is 32.4 Å². The summed E-state index contributed by atoms with van der Waals surface area (Å²) in [7, 11) is 0. The van der Waals surface area contributed by atoms with Gasteiger partial charge in [0.15, 0.2) is 6.04 Å². The van der Waals surface area contributed by atoms with Gasteiger partial charge in [-0.05, 0) is 68.6 Å². The third kappa shape index (κ3) is 3.91. The van der Waals surface area contributed by atoms with Crippen molar-refractivity contribution in [3.63, 3.8) is 0 Å². The van der Waals surface area contributed by atoms with Gasteiger partial charge in [-0.3, -0.25) is 9.59 Å². The molecule has 0 amide bonds. The van der Waals surface area contributed by atoms with Gasteiger partial charge in [0.05, 0.1) is 11.8 Å². The number of nitrogens with one attached hydrogen (secondary N) is 1. The molecule has 32 heavy (non-hydrogen) atoms. The van der Waals surface area contributed by atoms with Crippen LogP contribution in [0.1, 0.15) is 66.7 Å². The maximum Gasteiger partial charge on any atom is 0.328 e. The molecule has 7 heteroatoms. The Morgan fingerprint density at radius 2 is 1.94 bits per heavy atom. The average Bonchev–Trinajstić information content (AvgIpc) is 2.71. The lowest BCUT2D eigenvalue weighted by Gasteiger charge is -2.58. The second-order valence-corrected chi connectivity index (χ2v) is 10.3. The molecule has 0 aromatic carbocycles. The lowest BCUT2D eigenvalue weighted by Crippen LogP contribution is -2.50. The molecule has 0 aromatic heterocycles. The van der Waals surface area contributed by atoms with Gasteiger partial charge in [0.25, 0.3) is 0 Å². The number of aliphatic hydroxyl groups is 2. The Bertz CT molecular complexity index is 929. The highest BCUT2D eigenvalue weighted by Crippen LogP contribution is 2.62. The van der Waals surface area contributed by atoms with Crippen LogP contribution >= 0.6 is 0 Å². The molecule has 3 aliphatic rings. The maximum atomic E-state index is 12.8. The molecule has 1 saturated carbocycles. The number of carbonyl (C=O) groups excluding carboxylic acids is 2. The van der Waals surface area contributed by atoms with Crippen LogP contribution in [0.15, 0.2) is 34.8 Å². The number of ketones is 2. The van der Waals surface area contributed by atoms with Crippen molar-refractivity contribution in [2.75, 3.05) is 0 Å². The monoisotopic (exact) mass is 445 g/mol. The SMILES string of the molecule is CC1=CCC[C@H]2[C@](C)(CC3=C(O)C(N[C@@H](C(=O)O)[C@H](C)O)=CC(=O)C3=O)[C@@H](C)CC[C@]12C. The van der Waals surface area contributed by atoms with Gasteiger partial charge in [0.2, 0.25) is 11.6 Å². The quantitative estimate of drug-likeness (QED) is 0.280. The number of rotatable bonds is 6. The zero-order valence-corrected chi connectivity index (χ0v) is 19.6. The summed E-state index contributed by atoms with van der Waals surface area (Å²) in [6.07, 6.45) is 6.18. The van der Waals surface area contributed by atoms with E-state index in [0.717, 1.165) is 31.8 Å². The van der Waals surface area contributed by atoms with E-state index < -0.39 is 35.4 Å². The zero-order valence-electron chi connectivity index (χ0n) is 19.6. The second kappa shape index (κ2) is 8.50. The van der Waals surface area contributed by atoms with Crippen molar-refractivity contribution in [3.05, 3.63) is 34.8 Å². The van der Waals surface area contributed by atoms with Crippen LogP contribution in [-0.2, 0) is 14.4 Å². The number of carbonyl (C=O) groups is 3.